The number of hydrogen-bond acceptors (Lipinski definition) is 3. The SMILES string of the molecule is CCCC(C)(NC(=O)NCCCCN(C)C(C)C)C(=O)O. The van der Waals surface area contributed by atoms with E-state index in [4.69, 9.17) is 0 Å². The molecule has 0 saturated carbocycles. The third-order valence-corrected chi connectivity index (χ3v) is 3.72. The van der Waals surface area contributed by atoms with Crippen LogP contribution < -0.4 is 10.6 Å². The fraction of sp³-hybridized carbons (Fsp3) is 0.867. The van der Waals surface area contributed by atoms with Crippen LogP contribution in [0, 0.1) is 0 Å². The highest BCUT2D eigenvalue weighted by Gasteiger charge is 2.33. The Bertz CT molecular complexity index is 334. The van der Waals surface area contributed by atoms with Crippen LogP contribution in [0.15, 0.2) is 0 Å². The summed E-state index contributed by atoms with van der Waals surface area (Å²) in [5.74, 6) is -1.00. The zero-order valence-electron chi connectivity index (χ0n) is 14.0. The summed E-state index contributed by atoms with van der Waals surface area (Å²) in [6.07, 6.45) is 2.99. The van der Waals surface area contributed by atoms with Gasteiger partial charge >= 0.3 is 12.0 Å². The Morgan fingerprint density at radius 1 is 1.29 bits per heavy atom. The second kappa shape index (κ2) is 9.60. The number of hydrogen-bond donors (Lipinski definition) is 3. The van der Waals surface area contributed by atoms with E-state index >= 15 is 0 Å². The van der Waals surface area contributed by atoms with Crippen LogP contribution in [-0.4, -0.2) is 53.7 Å². The topological polar surface area (TPSA) is 81.7 Å². The number of rotatable bonds is 10. The van der Waals surface area contributed by atoms with E-state index < -0.39 is 17.5 Å². The zero-order valence-corrected chi connectivity index (χ0v) is 14.0. The van der Waals surface area contributed by atoms with Crippen molar-refractivity contribution in [2.45, 2.75) is 65.0 Å². The number of carboxylic acid groups (broad SMARTS) is 1. The molecule has 1 atom stereocenters. The van der Waals surface area contributed by atoms with Crippen molar-refractivity contribution in [2.24, 2.45) is 0 Å². The van der Waals surface area contributed by atoms with Crippen LogP contribution in [0.1, 0.15) is 53.4 Å². The molecule has 0 radical (unpaired) electrons. The predicted octanol–water partition coefficient (Wildman–Crippen LogP) is 2.05. The minimum atomic E-state index is -1.20. The molecular weight excluding hydrogens is 270 g/mol. The van der Waals surface area contributed by atoms with Crippen molar-refractivity contribution in [1.29, 1.82) is 0 Å². The highest BCUT2D eigenvalue weighted by molar-refractivity contribution is 5.85. The number of carboxylic acids is 1. The molecule has 0 heterocycles. The number of nitrogens with zero attached hydrogens (tertiary/aromatic N) is 1. The average molecular weight is 301 g/mol. The van der Waals surface area contributed by atoms with Crippen molar-refractivity contribution < 1.29 is 14.7 Å². The van der Waals surface area contributed by atoms with E-state index in [0.717, 1.165) is 19.4 Å². The molecule has 0 fully saturated rings. The summed E-state index contributed by atoms with van der Waals surface area (Å²) in [6.45, 7) is 9.27. The highest BCUT2D eigenvalue weighted by atomic mass is 16.4. The summed E-state index contributed by atoms with van der Waals surface area (Å²) in [5.41, 5.74) is -1.20. The van der Waals surface area contributed by atoms with Gasteiger partial charge in [0.15, 0.2) is 0 Å². The number of aliphatic carboxylic acids is 1. The second-order valence-electron chi connectivity index (χ2n) is 6.05. The van der Waals surface area contributed by atoms with Gasteiger partial charge in [-0.1, -0.05) is 13.3 Å². The molecule has 0 aromatic rings. The van der Waals surface area contributed by atoms with E-state index in [1.807, 2.05) is 6.92 Å². The molecule has 6 nitrogen and oxygen atoms in total. The lowest BCUT2D eigenvalue weighted by atomic mass is 9.97. The van der Waals surface area contributed by atoms with Gasteiger partial charge < -0.3 is 20.6 Å². The number of amides is 2. The number of carbonyl (C=O) groups excluding carboxylic acids is 1. The van der Waals surface area contributed by atoms with Gasteiger partial charge in [-0.2, -0.15) is 0 Å². The Morgan fingerprint density at radius 3 is 2.38 bits per heavy atom. The van der Waals surface area contributed by atoms with Gasteiger partial charge in [0.1, 0.15) is 5.54 Å². The molecule has 0 aliphatic carbocycles. The standard InChI is InChI=1S/C15H31N3O3/c1-6-9-15(4,13(19)20)17-14(21)16-10-7-8-11-18(5)12(2)3/h12H,6-11H2,1-5H3,(H,19,20)(H2,16,17,21). The van der Waals surface area contributed by atoms with E-state index in [1.54, 1.807) is 0 Å². The molecule has 6 heteroatoms. The minimum Gasteiger partial charge on any atom is -0.480 e. The van der Waals surface area contributed by atoms with Crippen LogP contribution in [0.25, 0.3) is 0 Å². The molecular formula is C15H31N3O3. The number of nitrogens with one attached hydrogen (secondary N) is 2. The lowest BCUT2D eigenvalue weighted by Crippen LogP contribution is -2.55. The van der Waals surface area contributed by atoms with Crippen molar-refractivity contribution >= 4 is 12.0 Å². The van der Waals surface area contributed by atoms with Crippen molar-refractivity contribution in [1.82, 2.24) is 15.5 Å². The molecule has 3 N–H and O–H groups in total. The van der Waals surface area contributed by atoms with Gasteiger partial charge in [-0.15, -0.1) is 0 Å². The minimum absolute atomic E-state index is 0.412. The van der Waals surface area contributed by atoms with Crippen LogP contribution in [0.4, 0.5) is 4.79 Å². The highest BCUT2D eigenvalue weighted by Crippen LogP contribution is 2.12. The average Bonchev–Trinajstić information content (AvgIpc) is 2.37. The quantitative estimate of drug-likeness (QED) is 0.539. The van der Waals surface area contributed by atoms with Gasteiger partial charge in [-0.3, -0.25) is 0 Å². The molecule has 0 aromatic heterocycles. The zero-order chi connectivity index (χ0) is 16.5. The Labute approximate surface area is 128 Å². The van der Waals surface area contributed by atoms with Crippen LogP contribution in [0.2, 0.25) is 0 Å². The molecule has 1 unspecified atom stereocenters. The summed E-state index contributed by atoms with van der Waals surface area (Å²) < 4.78 is 0. The van der Waals surface area contributed by atoms with Gasteiger partial charge in [-0.25, -0.2) is 9.59 Å². The Morgan fingerprint density at radius 2 is 1.90 bits per heavy atom. The lowest BCUT2D eigenvalue weighted by Gasteiger charge is -2.26. The molecule has 2 amide bonds. The van der Waals surface area contributed by atoms with E-state index in [2.05, 4.69) is 36.4 Å². The summed E-state index contributed by atoms with van der Waals surface area (Å²) in [7, 11) is 2.08. The Kier molecular flexibility index (Phi) is 9.01. The monoisotopic (exact) mass is 301 g/mol. The normalized spacial score (nSPS) is 14.0. The molecule has 0 rings (SSSR count). The number of unbranched alkanes of at least 4 members (excludes halogenated alkanes) is 1. The van der Waals surface area contributed by atoms with Gasteiger partial charge in [-0.05, 0) is 53.6 Å². The second-order valence-corrected chi connectivity index (χ2v) is 6.05. The van der Waals surface area contributed by atoms with E-state index in [9.17, 15) is 14.7 Å². The molecule has 124 valence electrons. The maximum atomic E-state index is 11.7. The molecule has 0 aliphatic heterocycles. The first-order valence-electron chi connectivity index (χ1n) is 7.72. The fourth-order valence-electron chi connectivity index (χ4n) is 1.96. The van der Waals surface area contributed by atoms with Gasteiger partial charge in [0.05, 0.1) is 0 Å². The third kappa shape index (κ3) is 7.90. The van der Waals surface area contributed by atoms with Crippen LogP contribution in [0.3, 0.4) is 0 Å². The first kappa shape index (κ1) is 19.7. The molecule has 0 spiro atoms. The molecule has 21 heavy (non-hydrogen) atoms. The van der Waals surface area contributed by atoms with Gasteiger partial charge in [0.2, 0.25) is 0 Å². The molecule has 0 bridgehead atoms. The van der Waals surface area contributed by atoms with Crippen molar-refractivity contribution in [2.75, 3.05) is 20.1 Å². The molecule has 0 saturated heterocycles. The number of carbonyl (C=O) groups is 2. The van der Waals surface area contributed by atoms with Crippen LogP contribution in [-0.2, 0) is 4.79 Å². The Hall–Kier alpha value is -1.30. The van der Waals surface area contributed by atoms with Crippen LogP contribution in [0.5, 0.6) is 0 Å². The summed E-state index contributed by atoms with van der Waals surface area (Å²) in [4.78, 5) is 25.2. The predicted molar refractivity (Wildman–Crippen MR) is 84.5 cm³/mol. The fourth-order valence-corrected chi connectivity index (χ4v) is 1.96. The maximum Gasteiger partial charge on any atom is 0.329 e. The van der Waals surface area contributed by atoms with E-state index in [1.165, 1.54) is 6.92 Å². The summed E-state index contributed by atoms with van der Waals surface area (Å²) in [6, 6.07) is 0.108. The van der Waals surface area contributed by atoms with Gasteiger partial charge in [0, 0.05) is 12.6 Å². The lowest BCUT2D eigenvalue weighted by molar-refractivity contribution is -0.144. The maximum absolute atomic E-state index is 11.7. The third-order valence-electron chi connectivity index (χ3n) is 3.72. The first-order valence-corrected chi connectivity index (χ1v) is 7.72. The molecule has 0 aliphatic rings. The van der Waals surface area contributed by atoms with E-state index in [0.29, 0.717) is 25.4 Å². The number of urea groups is 1. The van der Waals surface area contributed by atoms with Crippen LogP contribution >= 0.6 is 0 Å². The van der Waals surface area contributed by atoms with Crippen molar-refractivity contribution in [3.05, 3.63) is 0 Å². The van der Waals surface area contributed by atoms with E-state index in [-0.39, 0.29) is 0 Å². The Balaban J connectivity index is 3.97. The van der Waals surface area contributed by atoms with Gasteiger partial charge in [0.25, 0.3) is 0 Å². The smallest absolute Gasteiger partial charge is 0.329 e. The largest absolute Gasteiger partial charge is 0.480 e. The summed E-state index contributed by atoms with van der Waals surface area (Å²) >= 11 is 0. The summed E-state index contributed by atoms with van der Waals surface area (Å²) in [5, 5.41) is 14.5. The molecule has 0 aromatic carbocycles. The van der Waals surface area contributed by atoms with Crippen molar-refractivity contribution in [3.63, 3.8) is 0 Å². The first-order chi connectivity index (χ1) is 9.73. The van der Waals surface area contributed by atoms with Crippen molar-refractivity contribution in [3.8, 4) is 0 Å².